The van der Waals surface area contributed by atoms with Crippen molar-refractivity contribution in [2.75, 3.05) is 53.2 Å². The number of rotatable bonds is 4. The molecule has 0 unspecified atom stereocenters. The molecule has 1 saturated heterocycles. The number of carbonyl (C=O) groups excluding carboxylic acids is 1. The number of pyridine rings is 1. The average Bonchev–Trinajstić information content (AvgIpc) is 3.29. The lowest BCUT2D eigenvalue weighted by atomic mass is 10.2. The average molecular weight is 394 g/mol. The summed E-state index contributed by atoms with van der Waals surface area (Å²) >= 11 is 0. The van der Waals surface area contributed by atoms with Gasteiger partial charge < -0.3 is 25.8 Å². The number of aromatic nitrogens is 3. The van der Waals surface area contributed by atoms with Crippen LogP contribution in [0.15, 0.2) is 24.5 Å². The molecule has 29 heavy (non-hydrogen) atoms. The van der Waals surface area contributed by atoms with Crippen molar-refractivity contribution in [1.82, 2.24) is 20.3 Å². The molecular weight excluding hydrogens is 368 g/mol. The molecule has 5 rings (SSSR count). The van der Waals surface area contributed by atoms with Gasteiger partial charge in [0.15, 0.2) is 5.82 Å². The predicted molar refractivity (Wildman–Crippen MR) is 113 cm³/mol. The number of fused-ring (bicyclic) bond motifs is 1. The van der Waals surface area contributed by atoms with E-state index in [1.165, 1.54) is 12.8 Å². The number of piperazine rings is 1. The fraction of sp³-hybridized carbons (Fsp3) is 0.500. The largest absolute Gasteiger partial charge is 0.368 e. The molecule has 3 N–H and O–H groups in total. The maximum Gasteiger partial charge on any atom is 0.244 e. The Balaban J connectivity index is 1.34. The molecule has 9 heteroatoms. The molecule has 2 aliphatic heterocycles. The Bertz CT molecular complexity index is 875. The molecule has 2 aromatic heterocycles. The Morgan fingerprint density at radius 2 is 1.90 bits per heavy atom. The van der Waals surface area contributed by atoms with Gasteiger partial charge in [0.2, 0.25) is 11.9 Å². The van der Waals surface area contributed by atoms with Crippen LogP contribution >= 0.6 is 0 Å². The van der Waals surface area contributed by atoms with Gasteiger partial charge in [-0.05, 0) is 25.0 Å². The van der Waals surface area contributed by atoms with Crippen molar-refractivity contribution in [1.29, 1.82) is 0 Å². The van der Waals surface area contributed by atoms with E-state index in [9.17, 15) is 4.79 Å². The fourth-order valence-corrected chi connectivity index (χ4v) is 4.36. The Labute approximate surface area is 169 Å². The topological polar surface area (TPSA) is 98.3 Å². The highest BCUT2D eigenvalue weighted by Gasteiger charge is 2.31. The number of hydrogen-bond acceptors (Lipinski definition) is 8. The maximum absolute atomic E-state index is 12.1. The van der Waals surface area contributed by atoms with E-state index in [0.717, 1.165) is 50.5 Å². The van der Waals surface area contributed by atoms with Crippen LogP contribution in [0.4, 0.5) is 29.0 Å². The summed E-state index contributed by atoms with van der Waals surface area (Å²) in [5.41, 5.74) is 1.80. The van der Waals surface area contributed by atoms with Crippen LogP contribution in [0, 0.1) is 0 Å². The van der Waals surface area contributed by atoms with Crippen LogP contribution in [0.3, 0.4) is 0 Å². The van der Waals surface area contributed by atoms with Crippen LogP contribution in [0.5, 0.6) is 0 Å². The third-order valence-electron chi connectivity index (χ3n) is 5.86. The number of nitrogens with zero attached hydrogens (tertiary/aromatic N) is 5. The summed E-state index contributed by atoms with van der Waals surface area (Å²) in [5, 5.41) is 9.45. The lowest BCUT2D eigenvalue weighted by molar-refractivity contribution is -0.115. The first kappa shape index (κ1) is 18.1. The molecule has 0 radical (unpaired) electrons. The van der Waals surface area contributed by atoms with Crippen LogP contribution in [0.2, 0.25) is 0 Å². The van der Waals surface area contributed by atoms with E-state index in [-0.39, 0.29) is 5.91 Å². The quantitative estimate of drug-likeness (QED) is 0.721. The zero-order valence-electron chi connectivity index (χ0n) is 16.4. The van der Waals surface area contributed by atoms with E-state index in [0.29, 0.717) is 30.0 Å². The summed E-state index contributed by atoms with van der Waals surface area (Å²) in [5.74, 6) is 1.99. The van der Waals surface area contributed by atoms with Crippen LogP contribution in [-0.2, 0) is 4.79 Å². The summed E-state index contributed by atoms with van der Waals surface area (Å²) in [7, 11) is 0. The normalized spacial score (nSPS) is 19.8. The minimum absolute atomic E-state index is 0.00104. The molecule has 1 amide bonds. The monoisotopic (exact) mass is 394 g/mol. The van der Waals surface area contributed by atoms with Gasteiger partial charge in [-0.2, -0.15) is 4.98 Å². The van der Waals surface area contributed by atoms with E-state index in [2.05, 4.69) is 41.8 Å². The minimum atomic E-state index is -0.00104. The molecule has 2 aromatic rings. The molecule has 4 heterocycles. The Hall–Kier alpha value is -2.94. The summed E-state index contributed by atoms with van der Waals surface area (Å²) in [4.78, 5) is 30.2. The molecule has 1 saturated carbocycles. The maximum atomic E-state index is 12.1. The van der Waals surface area contributed by atoms with Crippen LogP contribution < -0.4 is 25.8 Å². The van der Waals surface area contributed by atoms with Crippen LogP contribution in [-0.4, -0.2) is 59.6 Å². The molecule has 3 aliphatic rings. The number of amides is 1. The van der Waals surface area contributed by atoms with Gasteiger partial charge in [-0.25, -0.2) is 9.97 Å². The SMILES string of the molecule is O=C1CN(C2CCCC2)c2nc(Nc3ccc(N4CCNCC4)cn3)ncc2N1. The zero-order valence-corrected chi connectivity index (χ0v) is 16.4. The van der Waals surface area contributed by atoms with Gasteiger partial charge in [0.25, 0.3) is 0 Å². The fourth-order valence-electron chi connectivity index (χ4n) is 4.36. The van der Waals surface area contributed by atoms with Gasteiger partial charge in [-0.15, -0.1) is 0 Å². The van der Waals surface area contributed by atoms with E-state index >= 15 is 0 Å². The van der Waals surface area contributed by atoms with E-state index in [1.54, 1.807) is 6.20 Å². The van der Waals surface area contributed by atoms with Crippen molar-refractivity contribution in [3.63, 3.8) is 0 Å². The number of hydrogen-bond donors (Lipinski definition) is 3. The number of nitrogens with one attached hydrogen (secondary N) is 3. The lowest BCUT2D eigenvalue weighted by Crippen LogP contribution is -2.44. The second-order valence-corrected chi connectivity index (χ2v) is 7.81. The molecule has 1 aliphatic carbocycles. The summed E-state index contributed by atoms with van der Waals surface area (Å²) < 4.78 is 0. The van der Waals surface area contributed by atoms with Crippen LogP contribution in [0.1, 0.15) is 25.7 Å². The third-order valence-corrected chi connectivity index (χ3v) is 5.86. The predicted octanol–water partition coefficient (Wildman–Crippen LogP) is 1.73. The minimum Gasteiger partial charge on any atom is -0.368 e. The first-order valence-electron chi connectivity index (χ1n) is 10.4. The van der Waals surface area contributed by atoms with Gasteiger partial charge in [-0.1, -0.05) is 12.8 Å². The molecule has 0 bridgehead atoms. The van der Waals surface area contributed by atoms with E-state index in [1.807, 2.05) is 12.3 Å². The second kappa shape index (κ2) is 7.82. The molecular formula is C20H26N8O. The third kappa shape index (κ3) is 3.82. The van der Waals surface area contributed by atoms with Crippen molar-refractivity contribution in [2.45, 2.75) is 31.7 Å². The Morgan fingerprint density at radius 1 is 1.07 bits per heavy atom. The van der Waals surface area contributed by atoms with Crippen molar-refractivity contribution in [2.24, 2.45) is 0 Å². The molecule has 0 spiro atoms. The van der Waals surface area contributed by atoms with Gasteiger partial charge in [0, 0.05) is 32.2 Å². The standard InChI is InChI=1S/C20H26N8O/c29-18-13-28(14-3-1-2-4-14)19-16(24-18)12-23-20(26-19)25-17-6-5-15(11-22-17)27-9-7-21-8-10-27/h5-6,11-12,14,21H,1-4,7-10,13H2,(H,24,29)(H,22,23,25,26). The summed E-state index contributed by atoms with van der Waals surface area (Å²) in [6.45, 7) is 4.33. The molecule has 2 fully saturated rings. The zero-order chi connectivity index (χ0) is 19.6. The smallest absolute Gasteiger partial charge is 0.244 e. The highest BCUT2D eigenvalue weighted by molar-refractivity contribution is 6.00. The molecule has 9 nitrogen and oxygen atoms in total. The first-order chi connectivity index (χ1) is 14.3. The van der Waals surface area contributed by atoms with Crippen molar-refractivity contribution in [3.05, 3.63) is 24.5 Å². The van der Waals surface area contributed by atoms with E-state index in [4.69, 9.17) is 4.98 Å². The highest BCUT2D eigenvalue weighted by Crippen LogP contribution is 2.34. The van der Waals surface area contributed by atoms with E-state index < -0.39 is 0 Å². The van der Waals surface area contributed by atoms with Gasteiger partial charge in [0.05, 0.1) is 24.6 Å². The van der Waals surface area contributed by atoms with Crippen molar-refractivity contribution >= 4 is 34.9 Å². The van der Waals surface area contributed by atoms with Gasteiger partial charge >= 0.3 is 0 Å². The first-order valence-corrected chi connectivity index (χ1v) is 10.4. The summed E-state index contributed by atoms with van der Waals surface area (Å²) in [6, 6.07) is 4.40. The number of anilines is 5. The van der Waals surface area contributed by atoms with Gasteiger partial charge in [-0.3, -0.25) is 4.79 Å². The van der Waals surface area contributed by atoms with Gasteiger partial charge in [0.1, 0.15) is 11.5 Å². The Morgan fingerprint density at radius 3 is 2.66 bits per heavy atom. The van der Waals surface area contributed by atoms with Crippen molar-refractivity contribution in [3.8, 4) is 0 Å². The van der Waals surface area contributed by atoms with Crippen molar-refractivity contribution < 1.29 is 4.79 Å². The lowest BCUT2D eigenvalue weighted by Gasteiger charge is -2.34. The second-order valence-electron chi connectivity index (χ2n) is 7.81. The highest BCUT2D eigenvalue weighted by atomic mass is 16.2. The molecule has 0 atom stereocenters. The molecule has 152 valence electrons. The number of carbonyl (C=O) groups is 1. The van der Waals surface area contributed by atoms with Crippen LogP contribution in [0.25, 0.3) is 0 Å². The molecule has 0 aromatic carbocycles. The Kier molecular flexibility index (Phi) is 4.89. The summed E-state index contributed by atoms with van der Waals surface area (Å²) in [6.07, 6.45) is 8.19.